The predicted molar refractivity (Wildman–Crippen MR) is 112 cm³/mol. The smallest absolute Gasteiger partial charge is 0.261 e. The van der Waals surface area contributed by atoms with E-state index in [0.717, 1.165) is 36.2 Å². The summed E-state index contributed by atoms with van der Waals surface area (Å²) in [5.74, 6) is 1.12. The Morgan fingerprint density at radius 2 is 2.11 bits per heavy atom. The average Bonchev–Trinajstić information content (AvgIpc) is 3.03. The molecule has 0 unspecified atom stereocenters. The van der Waals surface area contributed by atoms with Crippen molar-refractivity contribution in [3.05, 3.63) is 41.5 Å². The van der Waals surface area contributed by atoms with Crippen LogP contribution in [0.15, 0.2) is 35.3 Å². The summed E-state index contributed by atoms with van der Waals surface area (Å²) >= 11 is 0. The normalized spacial score (nSPS) is 16.9. The zero-order chi connectivity index (χ0) is 19.7. The molecule has 146 valence electrons. The highest BCUT2D eigenvalue weighted by atomic mass is 16.5. The molecule has 2 aromatic carbocycles. The summed E-state index contributed by atoms with van der Waals surface area (Å²) in [6, 6.07) is 9.55. The number of nitrogens with zero attached hydrogens (tertiary/aromatic N) is 2. The van der Waals surface area contributed by atoms with Crippen molar-refractivity contribution < 1.29 is 14.3 Å². The number of aliphatic imine (C=N–C) groups is 1. The number of anilines is 2. The van der Waals surface area contributed by atoms with E-state index >= 15 is 0 Å². The van der Waals surface area contributed by atoms with Gasteiger partial charge in [0.1, 0.15) is 0 Å². The van der Waals surface area contributed by atoms with Gasteiger partial charge in [-0.2, -0.15) is 0 Å². The molecule has 0 bridgehead atoms. The molecular weight excluding hydrogens is 354 g/mol. The van der Waals surface area contributed by atoms with Crippen molar-refractivity contribution in [2.45, 2.75) is 32.2 Å². The van der Waals surface area contributed by atoms with E-state index in [1.165, 1.54) is 0 Å². The molecule has 2 aliphatic rings. The summed E-state index contributed by atoms with van der Waals surface area (Å²) in [5, 5.41) is 3.15. The minimum Gasteiger partial charge on any atom is -0.493 e. The van der Waals surface area contributed by atoms with Crippen LogP contribution in [-0.2, 0) is 6.42 Å². The third kappa shape index (κ3) is 3.09. The Hall–Kier alpha value is -3.02. The molecule has 28 heavy (non-hydrogen) atoms. The molecule has 1 N–H and O–H groups in total. The Morgan fingerprint density at radius 3 is 2.86 bits per heavy atom. The number of carbonyl (C=O) groups is 1. The maximum absolute atomic E-state index is 13.4. The van der Waals surface area contributed by atoms with E-state index in [0.29, 0.717) is 29.4 Å². The molecule has 2 aliphatic heterocycles. The van der Waals surface area contributed by atoms with Gasteiger partial charge in [-0.1, -0.05) is 13.3 Å². The molecule has 2 aromatic rings. The van der Waals surface area contributed by atoms with Crippen molar-refractivity contribution in [1.82, 2.24) is 0 Å². The van der Waals surface area contributed by atoms with Gasteiger partial charge in [0, 0.05) is 37.1 Å². The molecule has 0 fully saturated rings. The Kier molecular flexibility index (Phi) is 4.94. The quantitative estimate of drug-likeness (QED) is 0.764. The molecule has 0 aliphatic carbocycles. The van der Waals surface area contributed by atoms with Crippen molar-refractivity contribution in [1.29, 1.82) is 0 Å². The molecule has 1 atom stereocenters. The number of hydrogen-bond acceptors (Lipinski definition) is 5. The number of unbranched alkanes of at least 4 members (excludes halogenated alkanes) is 1. The van der Waals surface area contributed by atoms with Crippen LogP contribution < -0.4 is 19.7 Å². The van der Waals surface area contributed by atoms with Gasteiger partial charge in [-0.25, -0.2) is 0 Å². The summed E-state index contributed by atoms with van der Waals surface area (Å²) in [4.78, 5) is 19.9. The Morgan fingerprint density at radius 1 is 1.25 bits per heavy atom. The molecular formula is C22H25N3O3. The highest BCUT2D eigenvalue weighted by Gasteiger charge is 2.36. The topological polar surface area (TPSA) is 63.2 Å². The number of benzene rings is 2. The first-order valence-electron chi connectivity index (χ1n) is 9.69. The second kappa shape index (κ2) is 7.54. The van der Waals surface area contributed by atoms with Gasteiger partial charge in [-0.3, -0.25) is 14.7 Å². The number of rotatable bonds is 6. The van der Waals surface area contributed by atoms with Crippen LogP contribution in [0, 0.1) is 0 Å². The lowest BCUT2D eigenvalue weighted by atomic mass is 10.1. The minimum atomic E-state index is -0.0857. The van der Waals surface area contributed by atoms with Crippen molar-refractivity contribution >= 4 is 29.2 Å². The van der Waals surface area contributed by atoms with E-state index in [-0.39, 0.29) is 11.9 Å². The van der Waals surface area contributed by atoms with Crippen molar-refractivity contribution in [3.63, 3.8) is 0 Å². The summed E-state index contributed by atoms with van der Waals surface area (Å²) in [7, 11) is 3.48. The number of amides is 1. The van der Waals surface area contributed by atoms with E-state index in [2.05, 4.69) is 23.3 Å². The van der Waals surface area contributed by atoms with E-state index in [4.69, 9.17) is 9.47 Å². The third-order valence-electron chi connectivity index (χ3n) is 5.26. The minimum absolute atomic E-state index is 0.0631. The van der Waals surface area contributed by atoms with Crippen LogP contribution in [-0.4, -0.2) is 38.9 Å². The zero-order valence-electron chi connectivity index (χ0n) is 16.5. The van der Waals surface area contributed by atoms with Crippen LogP contribution in [0.25, 0.3) is 0 Å². The fourth-order valence-electron chi connectivity index (χ4n) is 3.74. The summed E-state index contributed by atoms with van der Waals surface area (Å²) < 4.78 is 11.3. The molecule has 2 heterocycles. The monoisotopic (exact) mass is 379 g/mol. The zero-order valence-corrected chi connectivity index (χ0v) is 16.5. The SMILES string of the molecule is CCCCOc1cc2c(cc1OC)C(=O)N1c3ccc(NC)cc3C[C@H]1C=N2. The molecule has 1 amide bonds. The maximum Gasteiger partial charge on any atom is 0.261 e. The van der Waals surface area contributed by atoms with Gasteiger partial charge < -0.3 is 14.8 Å². The Balaban J connectivity index is 1.72. The number of ether oxygens (including phenoxy) is 2. The second-order valence-electron chi connectivity index (χ2n) is 7.04. The standard InChI is InChI=1S/C22H25N3O3/c1-4-5-8-28-21-12-18-17(11-20(21)27-3)22(26)25-16(13-24-18)10-14-9-15(23-2)6-7-19(14)25/h6-7,9,11-13,16,23H,4-5,8,10H2,1-3H3/t16-/m0/s1. The molecule has 0 saturated heterocycles. The predicted octanol–water partition coefficient (Wildman–Crippen LogP) is 4.20. The number of carbonyl (C=O) groups excluding carboxylic acids is 1. The van der Waals surface area contributed by atoms with Gasteiger partial charge in [0.2, 0.25) is 0 Å². The van der Waals surface area contributed by atoms with Crippen LogP contribution in [0.5, 0.6) is 11.5 Å². The third-order valence-corrected chi connectivity index (χ3v) is 5.26. The van der Waals surface area contributed by atoms with E-state index in [9.17, 15) is 4.79 Å². The highest BCUT2D eigenvalue weighted by Crippen LogP contribution is 2.41. The van der Waals surface area contributed by atoms with Gasteiger partial charge in [-0.15, -0.1) is 0 Å². The number of nitrogens with one attached hydrogen (secondary N) is 1. The summed E-state index contributed by atoms with van der Waals surface area (Å²) in [5.41, 5.74) is 4.28. The molecule has 6 nitrogen and oxygen atoms in total. The lowest BCUT2D eigenvalue weighted by Gasteiger charge is -2.22. The molecule has 6 heteroatoms. The fourth-order valence-corrected chi connectivity index (χ4v) is 3.74. The first-order chi connectivity index (χ1) is 13.7. The lowest BCUT2D eigenvalue weighted by Crippen LogP contribution is -2.37. The molecule has 4 rings (SSSR count). The maximum atomic E-state index is 13.4. The molecule has 0 spiro atoms. The van der Waals surface area contributed by atoms with E-state index in [1.54, 1.807) is 13.2 Å². The highest BCUT2D eigenvalue weighted by molar-refractivity contribution is 6.14. The van der Waals surface area contributed by atoms with E-state index in [1.807, 2.05) is 36.4 Å². The molecule has 0 saturated carbocycles. The van der Waals surface area contributed by atoms with Gasteiger partial charge in [0.25, 0.3) is 5.91 Å². The number of hydrogen-bond donors (Lipinski definition) is 1. The first kappa shape index (κ1) is 18.3. The van der Waals surface area contributed by atoms with Gasteiger partial charge in [0.05, 0.1) is 31.0 Å². The summed E-state index contributed by atoms with van der Waals surface area (Å²) in [6.45, 7) is 2.73. The van der Waals surface area contributed by atoms with Crippen molar-refractivity contribution in [2.24, 2.45) is 4.99 Å². The van der Waals surface area contributed by atoms with Crippen LogP contribution in [0.1, 0.15) is 35.7 Å². The van der Waals surface area contributed by atoms with Crippen molar-refractivity contribution in [3.8, 4) is 11.5 Å². The number of methoxy groups -OCH3 is 1. The Bertz CT molecular complexity index is 939. The van der Waals surface area contributed by atoms with Gasteiger partial charge in [0.15, 0.2) is 11.5 Å². The molecule has 0 radical (unpaired) electrons. The molecule has 0 aromatic heterocycles. The van der Waals surface area contributed by atoms with Crippen LogP contribution in [0.4, 0.5) is 17.1 Å². The van der Waals surface area contributed by atoms with Gasteiger partial charge >= 0.3 is 0 Å². The fraction of sp³-hybridized carbons (Fsp3) is 0.364. The van der Waals surface area contributed by atoms with Crippen LogP contribution in [0.2, 0.25) is 0 Å². The average molecular weight is 379 g/mol. The largest absolute Gasteiger partial charge is 0.493 e. The summed E-state index contributed by atoms with van der Waals surface area (Å²) in [6.07, 6.45) is 4.63. The Labute approximate surface area is 165 Å². The van der Waals surface area contributed by atoms with E-state index < -0.39 is 0 Å². The van der Waals surface area contributed by atoms with Crippen molar-refractivity contribution in [2.75, 3.05) is 31.0 Å². The lowest BCUT2D eigenvalue weighted by molar-refractivity contribution is 0.0986. The first-order valence-corrected chi connectivity index (χ1v) is 9.69. The second-order valence-corrected chi connectivity index (χ2v) is 7.04. The van der Waals surface area contributed by atoms with Crippen LogP contribution >= 0.6 is 0 Å². The van der Waals surface area contributed by atoms with Gasteiger partial charge in [-0.05, 0) is 36.2 Å². The van der Waals surface area contributed by atoms with Crippen LogP contribution in [0.3, 0.4) is 0 Å². The number of fused-ring (bicyclic) bond motifs is 4.